The SMILES string of the molecule is Cc1ccccc1-n1c(Cn2nc(-c3cn[nH]c3)c3c(N)ncnc32)nc2nccc(C)c2c1=O. The summed E-state index contributed by atoms with van der Waals surface area (Å²) in [4.78, 5) is 31.6. The maximum atomic E-state index is 13.8. The molecule has 5 heterocycles. The van der Waals surface area contributed by atoms with Crippen molar-refractivity contribution in [2.45, 2.75) is 20.4 Å². The molecule has 5 aromatic heterocycles. The summed E-state index contributed by atoms with van der Waals surface area (Å²) < 4.78 is 3.30. The standard InChI is InChI=1S/C24H20N10O/c1-13-5-3-4-6-16(13)34-17(31-22-18(24(34)35)14(2)7-8-26-22)11-33-23-19(21(25)27-12-28-23)20(32-33)15-9-29-30-10-15/h3-10,12H,11H2,1-2H3,(H,29,30)(H2,25,27,28). The molecule has 0 unspecified atom stereocenters. The molecular weight excluding hydrogens is 444 g/mol. The molecule has 0 spiro atoms. The van der Waals surface area contributed by atoms with E-state index >= 15 is 0 Å². The number of aryl methyl sites for hydroxylation is 2. The summed E-state index contributed by atoms with van der Waals surface area (Å²) in [6, 6.07) is 9.50. The van der Waals surface area contributed by atoms with Crippen molar-refractivity contribution in [2.24, 2.45) is 0 Å². The average Bonchev–Trinajstić information content (AvgIpc) is 3.49. The van der Waals surface area contributed by atoms with Gasteiger partial charge in [0.2, 0.25) is 0 Å². The molecule has 0 atom stereocenters. The smallest absolute Gasteiger partial charge is 0.267 e. The first-order valence-electron chi connectivity index (χ1n) is 10.9. The lowest BCUT2D eigenvalue weighted by Crippen LogP contribution is -2.27. The predicted molar refractivity (Wildman–Crippen MR) is 131 cm³/mol. The Hall–Kier alpha value is -4.93. The number of pyridine rings is 1. The van der Waals surface area contributed by atoms with E-state index in [0.717, 1.165) is 22.4 Å². The number of hydrogen-bond donors (Lipinski definition) is 2. The van der Waals surface area contributed by atoms with Gasteiger partial charge in [-0.15, -0.1) is 0 Å². The van der Waals surface area contributed by atoms with E-state index in [2.05, 4.69) is 25.1 Å². The molecule has 0 bridgehead atoms. The monoisotopic (exact) mass is 464 g/mol. The molecule has 11 heteroatoms. The third-order valence-corrected chi connectivity index (χ3v) is 6.03. The fourth-order valence-electron chi connectivity index (χ4n) is 4.32. The number of benzene rings is 1. The normalized spacial score (nSPS) is 11.5. The predicted octanol–water partition coefficient (Wildman–Crippen LogP) is 2.56. The van der Waals surface area contributed by atoms with E-state index in [9.17, 15) is 4.79 Å². The second-order valence-electron chi connectivity index (χ2n) is 8.23. The molecule has 1 aromatic carbocycles. The molecule has 0 saturated heterocycles. The van der Waals surface area contributed by atoms with E-state index in [0.29, 0.717) is 39.4 Å². The van der Waals surface area contributed by atoms with E-state index in [-0.39, 0.29) is 12.1 Å². The number of para-hydroxylation sites is 1. The third kappa shape index (κ3) is 3.24. The second-order valence-corrected chi connectivity index (χ2v) is 8.23. The number of nitrogens with zero attached hydrogens (tertiary/aromatic N) is 8. The van der Waals surface area contributed by atoms with Crippen molar-refractivity contribution < 1.29 is 0 Å². The van der Waals surface area contributed by atoms with Crippen LogP contribution in [0.5, 0.6) is 0 Å². The van der Waals surface area contributed by atoms with Crippen molar-refractivity contribution in [1.29, 1.82) is 0 Å². The van der Waals surface area contributed by atoms with Gasteiger partial charge in [-0.3, -0.25) is 14.5 Å². The van der Waals surface area contributed by atoms with E-state index in [1.165, 1.54) is 6.33 Å². The quantitative estimate of drug-likeness (QED) is 0.405. The Morgan fingerprint density at radius 1 is 1.03 bits per heavy atom. The largest absolute Gasteiger partial charge is 0.383 e. The number of fused-ring (bicyclic) bond motifs is 2. The summed E-state index contributed by atoms with van der Waals surface area (Å²) in [5.74, 6) is 0.771. The Balaban J connectivity index is 1.64. The number of nitrogen functional groups attached to an aromatic ring is 1. The fraction of sp³-hybridized carbons (Fsp3) is 0.125. The zero-order valence-electron chi connectivity index (χ0n) is 19.0. The Labute approximate surface area is 198 Å². The van der Waals surface area contributed by atoms with Crippen LogP contribution in [0.3, 0.4) is 0 Å². The molecule has 6 rings (SSSR count). The molecule has 0 aliphatic heterocycles. The number of nitrogens with two attached hydrogens (primary N) is 1. The van der Waals surface area contributed by atoms with Crippen LogP contribution in [0, 0.1) is 13.8 Å². The van der Waals surface area contributed by atoms with Gasteiger partial charge in [0.15, 0.2) is 11.3 Å². The minimum absolute atomic E-state index is 0.153. The lowest BCUT2D eigenvalue weighted by atomic mass is 10.1. The van der Waals surface area contributed by atoms with Crippen LogP contribution in [-0.4, -0.2) is 44.5 Å². The lowest BCUT2D eigenvalue weighted by Gasteiger charge is -2.16. The molecule has 0 amide bonds. The van der Waals surface area contributed by atoms with E-state index in [1.54, 1.807) is 27.8 Å². The number of hydrogen-bond acceptors (Lipinski definition) is 8. The summed E-state index contributed by atoms with van der Waals surface area (Å²) in [5, 5.41) is 12.7. The summed E-state index contributed by atoms with van der Waals surface area (Å²) >= 11 is 0. The van der Waals surface area contributed by atoms with Gasteiger partial charge in [-0.05, 0) is 37.1 Å². The number of H-pyrrole nitrogens is 1. The zero-order valence-corrected chi connectivity index (χ0v) is 19.0. The molecule has 11 nitrogen and oxygen atoms in total. The fourth-order valence-corrected chi connectivity index (χ4v) is 4.32. The van der Waals surface area contributed by atoms with Crippen molar-refractivity contribution in [2.75, 3.05) is 5.73 Å². The van der Waals surface area contributed by atoms with Crippen LogP contribution in [-0.2, 0) is 6.54 Å². The van der Waals surface area contributed by atoms with Gasteiger partial charge in [0, 0.05) is 18.0 Å². The van der Waals surface area contributed by atoms with Crippen molar-refractivity contribution in [3.63, 3.8) is 0 Å². The zero-order chi connectivity index (χ0) is 24.1. The molecule has 35 heavy (non-hydrogen) atoms. The molecule has 0 aliphatic rings. The van der Waals surface area contributed by atoms with Crippen LogP contribution in [0.2, 0.25) is 0 Å². The average molecular weight is 464 g/mol. The molecule has 0 aliphatic carbocycles. The van der Waals surface area contributed by atoms with Crippen LogP contribution in [0.25, 0.3) is 39.0 Å². The van der Waals surface area contributed by atoms with Gasteiger partial charge in [0.05, 0.1) is 22.7 Å². The van der Waals surface area contributed by atoms with Gasteiger partial charge in [-0.25, -0.2) is 24.6 Å². The summed E-state index contributed by atoms with van der Waals surface area (Å²) in [6.45, 7) is 3.99. The highest BCUT2D eigenvalue weighted by Crippen LogP contribution is 2.30. The first-order chi connectivity index (χ1) is 17.0. The van der Waals surface area contributed by atoms with Crippen LogP contribution in [0.4, 0.5) is 5.82 Å². The number of aromatic nitrogens is 9. The highest BCUT2D eigenvalue weighted by Gasteiger charge is 2.21. The van der Waals surface area contributed by atoms with Crippen LogP contribution >= 0.6 is 0 Å². The van der Waals surface area contributed by atoms with Crippen LogP contribution in [0.15, 0.2) is 60.0 Å². The number of rotatable bonds is 4. The maximum absolute atomic E-state index is 13.8. The van der Waals surface area contributed by atoms with E-state index < -0.39 is 0 Å². The van der Waals surface area contributed by atoms with Gasteiger partial charge in [-0.1, -0.05) is 18.2 Å². The Morgan fingerprint density at radius 3 is 2.69 bits per heavy atom. The summed E-state index contributed by atoms with van der Waals surface area (Å²) in [5.41, 5.74) is 10.8. The summed E-state index contributed by atoms with van der Waals surface area (Å²) in [6.07, 6.45) is 6.42. The van der Waals surface area contributed by atoms with Crippen molar-refractivity contribution in [3.05, 3.63) is 82.6 Å². The maximum Gasteiger partial charge on any atom is 0.267 e. The van der Waals surface area contributed by atoms with Gasteiger partial charge >= 0.3 is 0 Å². The van der Waals surface area contributed by atoms with Gasteiger partial charge in [-0.2, -0.15) is 10.2 Å². The molecule has 0 fully saturated rings. The highest BCUT2D eigenvalue weighted by molar-refractivity contribution is 5.98. The molecule has 172 valence electrons. The highest BCUT2D eigenvalue weighted by atomic mass is 16.1. The molecule has 3 N–H and O–H groups in total. The number of aromatic amines is 1. The minimum atomic E-state index is -0.189. The molecule has 6 aromatic rings. The molecule has 0 radical (unpaired) electrons. The van der Waals surface area contributed by atoms with Crippen LogP contribution < -0.4 is 11.3 Å². The molecular formula is C24H20N10O. The number of anilines is 1. The second kappa shape index (κ2) is 7.83. The number of nitrogens with one attached hydrogen (secondary N) is 1. The van der Waals surface area contributed by atoms with Gasteiger partial charge in [0.1, 0.15) is 30.2 Å². The first-order valence-corrected chi connectivity index (χ1v) is 10.9. The van der Waals surface area contributed by atoms with Gasteiger partial charge < -0.3 is 5.73 Å². The lowest BCUT2D eigenvalue weighted by molar-refractivity contribution is 0.650. The van der Waals surface area contributed by atoms with E-state index in [1.807, 2.05) is 44.2 Å². The Morgan fingerprint density at radius 2 is 1.89 bits per heavy atom. The van der Waals surface area contributed by atoms with Crippen molar-refractivity contribution >= 4 is 27.9 Å². The summed E-state index contributed by atoms with van der Waals surface area (Å²) in [7, 11) is 0. The van der Waals surface area contributed by atoms with E-state index in [4.69, 9.17) is 15.8 Å². The van der Waals surface area contributed by atoms with Crippen LogP contribution in [0.1, 0.15) is 17.0 Å². The first kappa shape index (κ1) is 20.7. The van der Waals surface area contributed by atoms with Crippen molar-refractivity contribution in [1.82, 2.24) is 44.5 Å². The Kier molecular flexibility index (Phi) is 4.62. The molecule has 0 saturated carbocycles. The Bertz CT molecular complexity index is 1780. The van der Waals surface area contributed by atoms with Gasteiger partial charge in [0.25, 0.3) is 5.56 Å². The van der Waals surface area contributed by atoms with Crippen molar-refractivity contribution in [3.8, 4) is 16.9 Å². The minimum Gasteiger partial charge on any atom is -0.383 e. The third-order valence-electron chi connectivity index (χ3n) is 6.03. The topological polar surface area (TPSA) is 146 Å².